The van der Waals surface area contributed by atoms with Gasteiger partial charge in [0.25, 0.3) is 0 Å². The van der Waals surface area contributed by atoms with Crippen LogP contribution < -0.4 is 0 Å². The molecule has 0 radical (unpaired) electrons. The van der Waals surface area contributed by atoms with E-state index in [1.54, 1.807) is 19.1 Å². The smallest absolute Gasteiger partial charge is 0.335 e. The van der Waals surface area contributed by atoms with Crippen molar-refractivity contribution in [2.24, 2.45) is 0 Å². The van der Waals surface area contributed by atoms with Crippen molar-refractivity contribution < 1.29 is 14.3 Å². The highest BCUT2D eigenvalue weighted by molar-refractivity contribution is 5.89. The lowest BCUT2D eigenvalue weighted by atomic mass is 10.0. The van der Waals surface area contributed by atoms with E-state index in [1.807, 2.05) is 24.1 Å². The molecule has 6 heteroatoms. The molecule has 0 fully saturated rings. The van der Waals surface area contributed by atoms with Crippen LogP contribution in [0.1, 0.15) is 27.7 Å². The molecule has 2 rings (SSSR count). The summed E-state index contributed by atoms with van der Waals surface area (Å²) in [5.41, 5.74) is 1.18. The van der Waals surface area contributed by atoms with Gasteiger partial charge < -0.3 is 9.52 Å². The number of aromatic nitrogens is 2. The number of carboxylic acid groups (broad SMARTS) is 1. The van der Waals surface area contributed by atoms with Crippen LogP contribution in [0.2, 0.25) is 0 Å². The monoisotopic (exact) mass is 275 g/mol. The van der Waals surface area contributed by atoms with Gasteiger partial charge in [-0.2, -0.15) is 0 Å². The molecule has 106 valence electrons. The molecule has 0 aliphatic carbocycles. The van der Waals surface area contributed by atoms with Gasteiger partial charge in [0, 0.05) is 13.5 Å². The first kappa shape index (κ1) is 14.2. The maximum atomic E-state index is 11.1. The molecule has 2 aromatic rings. The number of carboxylic acids is 1. The molecule has 1 aromatic carbocycles. The van der Waals surface area contributed by atoms with Crippen molar-refractivity contribution >= 4 is 5.97 Å². The molecule has 0 saturated carbocycles. The van der Waals surface area contributed by atoms with Crippen LogP contribution in [0.25, 0.3) is 0 Å². The summed E-state index contributed by atoms with van der Waals surface area (Å²) < 4.78 is 5.31. The Morgan fingerprint density at radius 3 is 2.75 bits per heavy atom. The van der Waals surface area contributed by atoms with Crippen LogP contribution >= 0.6 is 0 Å². The highest BCUT2D eigenvalue weighted by Crippen LogP contribution is 2.10. The lowest BCUT2D eigenvalue weighted by Crippen LogP contribution is -2.21. The summed E-state index contributed by atoms with van der Waals surface area (Å²) in [5.74, 6) is 0.219. The number of carbonyl (C=O) groups is 1. The van der Waals surface area contributed by atoms with Crippen molar-refractivity contribution in [1.29, 1.82) is 0 Å². The number of hydrogen-bond acceptors (Lipinski definition) is 5. The van der Waals surface area contributed by atoms with Crippen molar-refractivity contribution in [3.63, 3.8) is 0 Å². The van der Waals surface area contributed by atoms with Gasteiger partial charge in [-0.25, -0.2) is 4.79 Å². The molecule has 0 aliphatic rings. The molecule has 1 aromatic heterocycles. The Bertz CT molecular complexity index is 595. The zero-order valence-electron chi connectivity index (χ0n) is 11.5. The Balaban J connectivity index is 1.93. The third-order valence-corrected chi connectivity index (χ3v) is 2.98. The van der Waals surface area contributed by atoms with Gasteiger partial charge in [0.1, 0.15) is 0 Å². The molecule has 1 N–H and O–H groups in total. The highest BCUT2D eigenvalue weighted by atomic mass is 16.4. The number of benzene rings is 1. The fourth-order valence-electron chi connectivity index (χ4n) is 1.97. The quantitative estimate of drug-likeness (QED) is 0.865. The number of nitrogens with zero attached hydrogens (tertiary/aromatic N) is 3. The maximum Gasteiger partial charge on any atom is 0.335 e. The Morgan fingerprint density at radius 1 is 1.35 bits per heavy atom. The molecular formula is C14H17N3O3. The predicted molar refractivity (Wildman–Crippen MR) is 72.5 cm³/mol. The Morgan fingerprint density at radius 2 is 2.10 bits per heavy atom. The van der Waals surface area contributed by atoms with Crippen molar-refractivity contribution in [3.05, 3.63) is 47.2 Å². The number of likely N-dealkylation sites (N-methyl/N-ethyl adjacent to an activating group) is 1. The largest absolute Gasteiger partial charge is 0.478 e. The van der Waals surface area contributed by atoms with Gasteiger partial charge >= 0.3 is 5.97 Å². The van der Waals surface area contributed by atoms with Crippen LogP contribution in [0, 0.1) is 6.92 Å². The van der Waals surface area contributed by atoms with Gasteiger partial charge in [-0.15, -0.1) is 10.2 Å². The van der Waals surface area contributed by atoms with Gasteiger partial charge in [0.2, 0.25) is 11.8 Å². The Kier molecular flexibility index (Phi) is 4.47. The molecule has 0 aliphatic heterocycles. The number of hydrogen-bond donors (Lipinski definition) is 1. The average molecular weight is 275 g/mol. The highest BCUT2D eigenvalue weighted by Gasteiger charge is 2.11. The first-order valence-corrected chi connectivity index (χ1v) is 6.35. The Hall–Kier alpha value is -2.21. The molecule has 0 saturated heterocycles. The van der Waals surface area contributed by atoms with Gasteiger partial charge in [-0.1, -0.05) is 18.2 Å². The van der Waals surface area contributed by atoms with E-state index in [-0.39, 0.29) is 0 Å². The van der Waals surface area contributed by atoms with Crippen molar-refractivity contribution in [1.82, 2.24) is 15.1 Å². The average Bonchev–Trinajstić information content (AvgIpc) is 2.82. The topological polar surface area (TPSA) is 79.5 Å². The molecule has 0 atom stereocenters. The first-order valence-electron chi connectivity index (χ1n) is 6.35. The lowest BCUT2D eigenvalue weighted by Gasteiger charge is -2.14. The molecule has 6 nitrogen and oxygen atoms in total. The van der Waals surface area contributed by atoms with Gasteiger partial charge in [-0.3, -0.25) is 4.90 Å². The summed E-state index contributed by atoms with van der Waals surface area (Å²) in [5, 5.41) is 16.8. The molecule has 1 heterocycles. The second-order valence-electron chi connectivity index (χ2n) is 4.66. The van der Waals surface area contributed by atoms with E-state index in [0.717, 1.165) is 5.56 Å². The molecule has 0 spiro atoms. The molecule has 0 bridgehead atoms. The zero-order chi connectivity index (χ0) is 14.5. The van der Waals surface area contributed by atoms with E-state index in [2.05, 4.69) is 10.2 Å². The minimum atomic E-state index is -0.893. The van der Waals surface area contributed by atoms with Gasteiger partial charge in [0.15, 0.2) is 0 Å². The molecule has 0 unspecified atom stereocenters. The van der Waals surface area contributed by atoms with Crippen LogP contribution in [-0.2, 0) is 13.0 Å². The third kappa shape index (κ3) is 3.64. The summed E-state index contributed by atoms with van der Waals surface area (Å²) in [7, 11) is 1.93. The van der Waals surface area contributed by atoms with E-state index in [0.29, 0.717) is 36.9 Å². The van der Waals surface area contributed by atoms with Crippen LogP contribution in [0.5, 0.6) is 0 Å². The van der Waals surface area contributed by atoms with Gasteiger partial charge in [-0.05, 0) is 25.1 Å². The fraction of sp³-hybridized carbons (Fsp3) is 0.357. The fourth-order valence-corrected chi connectivity index (χ4v) is 1.97. The first-order chi connectivity index (χ1) is 9.56. The summed E-state index contributed by atoms with van der Waals surface area (Å²) in [6.07, 6.45) is 0.659. The third-order valence-electron chi connectivity index (χ3n) is 2.98. The predicted octanol–water partition coefficient (Wildman–Crippen LogP) is 1.75. The number of rotatable bonds is 6. The summed E-state index contributed by atoms with van der Waals surface area (Å²) in [4.78, 5) is 13.1. The van der Waals surface area contributed by atoms with E-state index < -0.39 is 5.97 Å². The van der Waals surface area contributed by atoms with Gasteiger partial charge in [0.05, 0.1) is 12.1 Å². The van der Waals surface area contributed by atoms with Crippen molar-refractivity contribution in [2.75, 3.05) is 13.6 Å². The van der Waals surface area contributed by atoms with Crippen molar-refractivity contribution in [2.45, 2.75) is 19.9 Å². The van der Waals surface area contributed by atoms with E-state index in [1.165, 1.54) is 0 Å². The number of aromatic carboxylic acids is 1. The maximum absolute atomic E-state index is 11.1. The van der Waals surface area contributed by atoms with E-state index >= 15 is 0 Å². The van der Waals surface area contributed by atoms with Crippen LogP contribution in [0.4, 0.5) is 0 Å². The lowest BCUT2D eigenvalue weighted by molar-refractivity contribution is 0.0695. The zero-order valence-corrected chi connectivity index (χ0v) is 11.5. The normalized spacial score (nSPS) is 10.9. The van der Waals surface area contributed by atoms with E-state index in [9.17, 15) is 4.79 Å². The summed E-state index contributed by atoms with van der Waals surface area (Å²) in [6, 6.07) is 7.05. The van der Waals surface area contributed by atoms with Crippen LogP contribution in [0.3, 0.4) is 0 Å². The van der Waals surface area contributed by atoms with Crippen molar-refractivity contribution in [3.8, 4) is 0 Å². The van der Waals surface area contributed by atoms with Crippen LogP contribution in [-0.4, -0.2) is 39.8 Å². The SMILES string of the molecule is Cc1nnc(CN(C)CCc2ccccc2C(=O)O)o1. The minimum absolute atomic E-state index is 0.356. The van der Waals surface area contributed by atoms with E-state index in [4.69, 9.17) is 9.52 Å². The molecular weight excluding hydrogens is 258 g/mol. The Labute approximate surface area is 117 Å². The van der Waals surface area contributed by atoms with Crippen LogP contribution in [0.15, 0.2) is 28.7 Å². The summed E-state index contributed by atoms with van der Waals surface area (Å²) >= 11 is 0. The molecule has 0 amide bonds. The second-order valence-corrected chi connectivity index (χ2v) is 4.66. The second kappa shape index (κ2) is 6.29. The standard InChI is InChI=1S/C14H17N3O3/c1-10-15-16-13(20-10)9-17(2)8-7-11-5-3-4-6-12(11)14(18)19/h3-6H,7-9H2,1-2H3,(H,18,19). The number of aryl methyl sites for hydroxylation is 1. The minimum Gasteiger partial charge on any atom is -0.478 e. The molecule has 20 heavy (non-hydrogen) atoms. The summed E-state index contributed by atoms with van der Waals surface area (Å²) in [6.45, 7) is 3.02.